The summed E-state index contributed by atoms with van der Waals surface area (Å²) in [6.45, 7) is 14.3. The average molecular weight is 645 g/mol. The molecule has 256 valence electrons. The topological polar surface area (TPSA) is 202 Å². The Balaban J connectivity index is 2.74. The van der Waals surface area contributed by atoms with E-state index in [0.717, 1.165) is 0 Å². The van der Waals surface area contributed by atoms with Crippen molar-refractivity contribution in [2.24, 2.45) is 4.99 Å². The molecule has 16 heteroatoms. The van der Waals surface area contributed by atoms with Crippen molar-refractivity contribution in [3.05, 3.63) is 11.3 Å². The summed E-state index contributed by atoms with van der Waals surface area (Å²) in [6, 6.07) is 0. The Bertz CT molecular complexity index is 1110. The van der Waals surface area contributed by atoms with Crippen molar-refractivity contribution < 1.29 is 57.4 Å². The summed E-state index contributed by atoms with van der Waals surface area (Å²) in [7, 11) is 0. The second-order valence-corrected chi connectivity index (χ2v) is 12.7. The van der Waals surface area contributed by atoms with E-state index in [9.17, 15) is 19.2 Å². The van der Waals surface area contributed by atoms with Gasteiger partial charge in [-0.3, -0.25) is 10.6 Å². The standard InChI is InChI=1S/C29H48N4O12/c1-10-39-21(35)20-18(16-41-23(36)30-13-11-14-34)29(12-15-40-20,19-17-42-28(8,9)43-19)33-22(31-24(37)44-26(2,3)4)32-25(38)45-27(5,6)7/h19,34H,10-17H2,1-9H3,(H,30,36)(H2,31,32,33,37,38). The van der Waals surface area contributed by atoms with Crippen LogP contribution in [0.15, 0.2) is 16.3 Å². The maximum absolute atomic E-state index is 13.2. The molecule has 2 heterocycles. The van der Waals surface area contributed by atoms with Crippen LogP contribution in [-0.2, 0) is 38.0 Å². The van der Waals surface area contributed by atoms with Gasteiger partial charge in [0.1, 0.15) is 29.5 Å². The maximum Gasteiger partial charge on any atom is 0.414 e. The fourth-order valence-electron chi connectivity index (χ4n) is 4.33. The third kappa shape index (κ3) is 12.0. The molecule has 0 aromatic heterocycles. The number of aliphatic hydroxyl groups excluding tert-OH is 1. The maximum atomic E-state index is 13.2. The number of carbonyl (C=O) groups is 4. The summed E-state index contributed by atoms with van der Waals surface area (Å²) in [6.07, 6.45) is -3.35. The van der Waals surface area contributed by atoms with Crippen molar-refractivity contribution >= 4 is 30.2 Å². The van der Waals surface area contributed by atoms with E-state index >= 15 is 0 Å². The molecule has 45 heavy (non-hydrogen) atoms. The van der Waals surface area contributed by atoms with Crippen molar-refractivity contribution in [3.63, 3.8) is 0 Å². The highest BCUT2D eigenvalue weighted by Crippen LogP contribution is 2.42. The van der Waals surface area contributed by atoms with Crippen molar-refractivity contribution in [2.45, 2.75) is 104 Å². The number of esters is 1. The first-order valence-corrected chi connectivity index (χ1v) is 14.8. The van der Waals surface area contributed by atoms with Gasteiger partial charge in [0.25, 0.3) is 0 Å². The quantitative estimate of drug-likeness (QED) is 0.0941. The van der Waals surface area contributed by atoms with Crippen molar-refractivity contribution in [2.75, 3.05) is 39.6 Å². The van der Waals surface area contributed by atoms with Crippen LogP contribution in [0.2, 0.25) is 0 Å². The van der Waals surface area contributed by atoms with Crippen molar-refractivity contribution in [3.8, 4) is 0 Å². The predicted molar refractivity (Wildman–Crippen MR) is 159 cm³/mol. The van der Waals surface area contributed by atoms with Crippen LogP contribution in [0.25, 0.3) is 0 Å². The smallest absolute Gasteiger partial charge is 0.414 e. The number of amides is 3. The molecular formula is C29H48N4O12. The Labute approximate surface area is 263 Å². The summed E-state index contributed by atoms with van der Waals surface area (Å²) >= 11 is 0. The van der Waals surface area contributed by atoms with Crippen LogP contribution in [0.4, 0.5) is 14.4 Å². The minimum atomic E-state index is -1.63. The number of rotatable bonds is 9. The van der Waals surface area contributed by atoms with Crippen LogP contribution in [-0.4, -0.2) is 104 Å². The number of ether oxygens (including phenoxy) is 7. The first kappa shape index (κ1) is 37.6. The minimum Gasteiger partial charge on any atom is -0.486 e. The number of hydrogen-bond acceptors (Lipinski definition) is 13. The molecule has 2 aliphatic rings. The number of alkyl carbamates (subject to hydrolysis) is 3. The van der Waals surface area contributed by atoms with Gasteiger partial charge in [-0.25, -0.2) is 24.2 Å². The van der Waals surface area contributed by atoms with Gasteiger partial charge in [-0.05, 0) is 68.7 Å². The third-order valence-corrected chi connectivity index (χ3v) is 6.03. The summed E-state index contributed by atoms with van der Waals surface area (Å²) < 4.78 is 39.3. The molecule has 2 rings (SSSR count). The molecular weight excluding hydrogens is 596 g/mol. The number of aliphatic imine (C=N–C) groups is 1. The molecule has 0 spiro atoms. The van der Waals surface area contributed by atoms with E-state index in [2.05, 4.69) is 16.0 Å². The fraction of sp³-hybridized carbons (Fsp3) is 0.759. The lowest BCUT2D eigenvalue weighted by Gasteiger charge is -2.40. The average Bonchev–Trinajstić information content (AvgIpc) is 3.25. The first-order valence-electron chi connectivity index (χ1n) is 14.8. The Morgan fingerprint density at radius 2 is 1.58 bits per heavy atom. The Hall–Kier alpha value is -3.63. The summed E-state index contributed by atoms with van der Waals surface area (Å²) in [5.41, 5.74) is -3.39. The molecule has 0 saturated carbocycles. The van der Waals surface area contributed by atoms with Crippen LogP contribution < -0.4 is 16.0 Å². The molecule has 0 aromatic rings. The van der Waals surface area contributed by atoms with Gasteiger partial charge in [0.05, 0.1) is 19.8 Å². The van der Waals surface area contributed by atoms with Crippen LogP contribution in [0.3, 0.4) is 0 Å². The van der Waals surface area contributed by atoms with Crippen LogP contribution in [0.1, 0.15) is 75.2 Å². The van der Waals surface area contributed by atoms with Crippen molar-refractivity contribution in [1.82, 2.24) is 16.0 Å². The number of guanidine groups is 1. The molecule has 0 aromatic carbocycles. The zero-order valence-electron chi connectivity index (χ0n) is 27.6. The fourth-order valence-corrected chi connectivity index (χ4v) is 4.33. The van der Waals surface area contributed by atoms with Crippen LogP contribution >= 0.6 is 0 Å². The van der Waals surface area contributed by atoms with E-state index < -0.39 is 65.4 Å². The molecule has 4 N–H and O–H groups in total. The molecule has 0 radical (unpaired) electrons. The highest BCUT2D eigenvalue weighted by molar-refractivity contribution is 6.02. The van der Waals surface area contributed by atoms with Gasteiger partial charge in [-0.15, -0.1) is 0 Å². The molecule has 0 bridgehead atoms. The second-order valence-electron chi connectivity index (χ2n) is 12.7. The van der Waals surface area contributed by atoms with Gasteiger partial charge in [0.2, 0.25) is 11.7 Å². The Kier molecular flexibility index (Phi) is 13.0. The predicted octanol–water partition coefficient (Wildman–Crippen LogP) is 2.63. The number of aliphatic hydroxyl groups is 1. The Morgan fingerprint density at radius 1 is 0.978 bits per heavy atom. The number of hydrogen-bond donors (Lipinski definition) is 4. The first-order chi connectivity index (χ1) is 20.8. The van der Waals surface area contributed by atoms with Gasteiger partial charge in [-0.1, -0.05) is 0 Å². The lowest BCUT2D eigenvalue weighted by molar-refractivity contribution is -0.149. The Morgan fingerprint density at radius 3 is 2.07 bits per heavy atom. The van der Waals surface area contributed by atoms with Gasteiger partial charge in [0, 0.05) is 25.1 Å². The summed E-state index contributed by atoms with van der Waals surface area (Å²) in [5.74, 6) is -2.62. The van der Waals surface area contributed by atoms with E-state index in [1.807, 2.05) is 0 Å². The van der Waals surface area contributed by atoms with Gasteiger partial charge in [-0.2, -0.15) is 0 Å². The van der Waals surface area contributed by atoms with E-state index in [0.29, 0.717) is 6.42 Å². The number of nitrogens with one attached hydrogen (secondary N) is 3. The molecule has 0 aliphatic carbocycles. The normalized spacial score (nSPS) is 21.2. The molecule has 2 aliphatic heterocycles. The van der Waals surface area contributed by atoms with Crippen LogP contribution in [0, 0.1) is 0 Å². The third-order valence-electron chi connectivity index (χ3n) is 6.03. The summed E-state index contributed by atoms with van der Waals surface area (Å²) in [5, 5.41) is 16.4. The zero-order chi connectivity index (χ0) is 34.1. The highest BCUT2D eigenvalue weighted by Gasteiger charge is 2.54. The second kappa shape index (κ2) is 15.6. The van der Waals surface area contributed by atoms with Gasteiger partial charge in [0.15, 0.2) is 5.79 Å². The number of carbonyl (C=O) groups excluding carboxylic acids is 4. The zero-order valence-corrected chi connectivity index (χ0v) is 27.6. The van der Waals surface area contributed by atoms with E-state index in [4.69, 9.17) is 43.3 Å². The van der Waals surface area contributed by atoms with Crippen molar-refractivity contribution in [1.29, 1.82) is 0 Å². The lowest BCUT2D eigenvalue weighted by atomic mass is 9.79. The van der Waals surface area contributed by atoms with Crippen LogP contribution in [0.5, 0.6) is 0 Å². The van der Waals surface area contributed by atoms with E-state index in [1.54, 1.807) is 62.3 Å². The van der Waals surface area contributed by atoms with Gasteiger partial charge < -0.3 is 43.6 Å². The lowest BCUT2D eigenvalue weighted by Crippen LogP contribution is -2.55. The van der Waals surface area contributed by atoms with E-state index in [1.165, 1.54) is 0 Å². The largest absolute Gasteiger partial charge is 0.486 e. The molecule has 1 saturated heterocycles. The van der Waals surface area contributed by atoms with Gasteiger partial charge >= 0.3 is 24.2 Å². The molecule has 1 fully saturated rings. The molecule has 3 amide bonds. The highest BCUT2D eigenvalue weighted by atomic mass is 16.7. The minimum absolute atomic E-state index is 0.0134. The summed E-state index contributed by atoms with van der Waals surface area (Å²) in [4.78, 5) is 56.3. The number of nitrogens with zero attached hydrogens (tertiary/aromatic N) is 1. The SMILES string of the molecule is CCOC(=O)C1=C(COC(=O)NCCCO)C(N=C(NC(=O)OC(C)(C)C)NC(=O)OC(C)(C)C)(C2COC(C)(C)O2)CCO1. The van der Waals surface area contributed by atoms with E-state index in [-0.39, 0.29) is 50.7 Å². The molecule has 2 unspecified atom stereocenters. The molecule has 2 atom stereocenters. The monoisotopic (exact) mass is 644 g/mol. The molecule has 16 nitrogen and oxygen atoms in total.